The summed E-state index contributed by atoms with van der Waals surface area (Å²) in [6, 6.07) is 7.71. The highest BCUT2D eigenvalue weighted by Gasteiger charge is 2.23. The highest BCUT2D eigenvalue weighted by molar-refractivity contribution is 5.95. The molecule has 0 unspecified atom stereocenters. The largest absolute Gasteiger partial charge is 0.358 e. The highest BCUT2D eigenvalue weighted by Crippen LogP contribution is 2.22. The van der Waals surface area contributed by atoms with Gasteiger partial charge in [0.15, 0.2) is 0 Å². The summed E-state index contributed by atoms with van der Waals surface area (Å²) < 4.78 is 0. The van der Waals surface area contributed by atoms with Crippen molar-refractivity contribution < 1.29 is 14.4 Å². The molecule has 0 spiro atoms. The predicted octanol–water partition coefficient (Wildman–Crippen LogP) is 0.246. The number of piperazine rings is 1. The third kappa shape index (κ3) is 4.40. The van der Waals surface area contributed by atoms with Crippen LogP contribution in [-0.4, -0.2) is 73.8 Å². The van der Waals surface area contributed by atoms with E-state index in [1.165, 1.54) is 0 Å². The van der Waals surface area contributed by atoms with Gasteiger partial charge in [0, 0.05) is 51.9 Å². The molecule has 26 heavy (non-hydrogen) atoms. The molecule has 1 N–H and O–H groups in total. The fourth-order valence-corrected chi connectivity index (χ4v) is 3.44. The van der Waals surface area contributed by atoms with Gasteiger partial charge in [-0.15, -0.1) is 0 Å². The van der Waals surface area contributed by atoms with Crippen molar-refractivity contribution in [1.82, 2.24) is 15.1 Å². The summed E-state index contributed by atoms with van der Waals surface area (Å²) in [6.45, 7) is 3.89. The molecule has 2 saturated heterocycles. The van der Waals surface area contributed by atoms with E-state index in [-0.39, 0.29) is 17.7 Å². The van der Waals surface area contributed by atoms with E-state index >= 15 is 0 Å². The third-order valence-corrected chi connectivity index (χ3v) is 5.05. The minimum Gasteiger partial charge on any atom is -0.358 e. The van der Waals surface area contributed by atoms with Gasteiger partial charge >= 0.3 is 0 Å². The van der Waals surface area contributed by atoms with Gasteiger partial charge in [0.1, 0.15) is 0 Å². The Labute approximate surface area is 153 Å². The zero-order valence-electron chi connectivity index (χ0n) is 15.2. The molecule has 2 aliphatic rings. The van der Waals surface area contributed by atoms with Gasteiger partial charge in [0.05, 0.1) is 13.0 Å². The summed E-state index contributed by atoms with van der Waals surface area (Å²) in [5, 5.41) is 2.62. The Balaban J connectivity index is 1.49. The first-order chi connectivity index (χ1) is 12.6. The standard InChI is InChI=1S/C19H26N4O3/c1-20-17(24)14-21-9-11-22(12-10-21)19(26)13-15-4-6-16(7-5-15)23-8-2-3-18(23)25/h4-7H,2-3,8-14H2,1H3,(H,20,24). The first-order valence-corrected chi connectivity index (χ1v) is 9.17. The van der Waals surface area contributed by atoms with Crippen LogP contribution in [0.25, 0.3) is 0 Å². The van der Waals surface area contributed by atoms with Crippen LogP contribution < -0.4 is 10.2 Å². The van der Waals surface area contributed by atoms with Gasteiger partial charge in [-0.3, -0.25) is 19.3 Å². The molecule has 1 aromatic rings. The smallest absolute Gasteiger partial charge is 0.233 e. The fraction of sp³-hybridized carbons (Fsp3) is 0.526. The summed E-state index contributed by atoms with van der Waals surface area (Å²) in [5.41, 5.74) is 1.87. The second-order valence-corrected chi connectivity index (χ2v) is 6.82. The maximum absolute atomic E-state index is 12.5. The summed E-state index contributed by atoms with van der Waals surface area (Å²) >= 11 is 0. The van der Waals surface area contributed by atoms with Crippen molar-refractivity contribution in [3.63, 3.8) is 0 Å². The highest BCUT2D eigenvalue weighted by atomic mass is 16.2. The molecule has 0 atom stereocenters. The van der Waals surface area contributed by atoms with Gasteiger partial charge < -0.3 is 15.1 Å². The van der Waals surface area contributed by atoms with E-state index in [9.17, 15) is 14.4 Å². The Morgan fingerprint density at radius 3 is 2.31 bits per heavy atom. The minimum absolute atomic E-state index is 0.00125. The average molecular weight is 358 g/mol. The maximum Gasteiger partial charge on any atom is 0.233 e. The van der Waals surface area contributed by atoms with Crippen LogP contribution in [0.4, 0.5) is 5.69 Å². The lowest BCUT2D eigenvalue weighted by Crippen LogP contribution is -2.51. The van der Waals surface area contributed by atoms with E-state index in [1.54, 1.807) is 11.9 Å². The number of amides is 3. The Kier molecular flexibility index (Phi) is 5.88. The van der Waals surface area contributed by atoms with Crippen LogP contribution >= 0.6 is 0 Å². The van der Waals surface area contributed by atoms with Gasteiger partial charge in [-0.25, -0.2) is 0 Å². The third-order valence-electron chi connectivity index (χ3n) is 5.05. The second kappa shape index (κ2) is 8.31. The Hall–Kier alpha value is -2.41. The molecular weight excluding hydrogens is 332 g/mol. The summed E-state index contributed by atoms with van der Waals surface area (Å²) in [6.07, 6.45) is 1.89. The molecule has 0 aromatic heterocycles. The number of benzene rings is 1. The monoisotopic (exact) mass is 358 g/mol. The Morgan fingerprint density at radius 1 is 1.04 bits per heavy atom. The normalized spacial score (nSPS) is 18.3. The number of hydrogen-bond donors (Lipinski definition) is 1. The lowest BCUT2D eigenvalue weighted by atomic mass is 10.1. The molecule has 140 valence electrons. The number of hydrogen-bond acceptors (Lipinski definition) is 4. The second-order valence-electron chi connectivity index (χ2n) is 6.82. The molecule has 2 heterocycles. The van der Waals surface area contributed by atoms with Crippen molar-refractivity contribution >= 4 is 23.4 Å². The summed E-state index contributed by atoms with van der Waals surface area (Å²) in [7, 11) is 1.63. The molecule has 7 nitrogen and oxygen atoms in total. The van der Waals surface area contributed by atoms with E-state index < -0.39 is 0 Å². The van der Waals surface area contributed by atoms with E-state index in [4.69, 9.17) is 0 Å². The van der Waals surface area contributed by atoms with Crippen LogP contribution in [-0.2, 0) is 20.8 Å². The van der Waals surface area contributed by atoms with Gasteiger partial charge in [-0.2, -0.15) is 0 Å². The molecule has 3 amide bonds. The van der Waals surface area contributed by atoms with Crippen molar-refractivity contribution in [2.24, 2.45) is 0 Å². The molecule has 0 saturated carbocycles. The predicted molar refractivity (Wildman–Crippen MR) is 98.8 cm³/mol. The number of likely N-dealkylation sites (N-methyl/N-ethyl adjacent to an activating group) is 1. The zero-order valence-corrected chi connectivity index (χ0v) is 15.2. The summed E-state index contributed by atoms with van der Waals surface area (Å²) in [4.78, 5) is 41.4. The van der Waals surface area contributed by atoms with E-state index in [0.717, 1.165) is 37.3 Å². The van der Waals surface area contributed by atoms with Crippen LogP contribution in [0, 0.1) is 0 Å². The van der Waals surface area contributed by atoms with Crippen LogP contribution in [0.5, 0.6) is 0 Å². The first kappa shape index (κ1) is 18.4. The number of nitrogens with one attached hydrogen (secondary N) is 1. The van der Waals surface area contributed by atoms with Gasteiger partial charge in [-0.05, 0) is 24.1 Å². The van der Waals surface area contributed by atoms with Crippen molar-refractivity contribution in [3.05, 3.63) is 29.8 Å². The Bertz CT molecular complexity index is 666. The number of carbonyl (C=O) groups is 3. The lowest BCUT2D eigenvalue weighted by molar-refractivity contribution is -0.132. The molecule has 0 radical (unpaired) electrons. The van der Waals surface area contributed by atoms with Crippen molar-refractivity contribution in [2.75, 3.05) is 51.2 Å². The van der Waals surface area contributed by atoms with Crippen LogP contribution in [0.15, 0.2) is 24.3 Å². The van der Waals surface area contributed by atoms with Gasteiger partial charge in [0.2, 0.25) is 17.7 Å². The molecule has 7 heteroatoms. The molecule has 2 fully saturated rings. The van der Waals surface area contributed by atoms with Crippen LogP contribution in [0.2, 0.25) is 0 Å². The molecule has 3 rings (SSSR count). The Morgan fingerprint density at radius 2 is 1.73 bits per heavy atom. The molecule has 0 aliphatic carbocycles. The number of rotatable bonds is 5. The fourth-order valence-electron chi connectivity index (χ4n) is 3.44. The molecule has 0 bridgehead atoms. The SMILES string of the molecule is CNC(=O)CN1CCN(C(=O)Cc2ccc(N3CCCC3=O)cc2)CC1. The topological polar surface area (TPSA) is 73.0 Å². The lowest BCUT2D eigenvalue weighted by Gasteiger charge is -2.34. The quantitative estimate of drug-likeness (QED) is 0.819. The molecule has 1 aromatic carbocycles. The van der Waals surface area contributed by atoms with Crippen LogP contribution in [0.1, 0.15) is 18.4 Å². The number of anilines is 1. The van der Waals surface area contributed by atoms with Crippen LogP contribution in [0.3, 0.4) is 0 Å². The molecule has 2 aliphatic heterocycles. The van der Waals surface area contributed by atoms with Crippen molar-refractivity contribution in [1.29, 1.82) is 0 Å². The molecular formula is C19H26N4O3. The average Bonchev–Trinajstić information content (AvgIpc) is 3.08. The first-order valence-electron chi connectivity index (χ1n) is 9.17. The number of nitrogens with zero attached hydrogens (tertiary/aromatic N) is 3. The zero-order chi connectivity index (χ0) is 18.5. The van der Waals surface area contributed by atoms with Gasteiger partial charge in [-0.1, -0.05) is 12.1 Å². The number of carbonyl (C=O) groups excluding carboxylic acids is 3. The van der Waals surface area contributed by atoms with Crippen molar-refractivity contribution in [3.8, 4) is 0 Å². The van der Waals surface area contributed by atoms with E-state index in [0.29, 0.717) is 32.5 Å². The van der Waals surface area contributed by atoms with E-state index in [1.807, 2.05) is 29.2 Å². The van der Waals surface area contributed by atoms with Crippen molar-refractivity contribution in [2.45, 2.75) is 19.3 Å². The minimum atomic E-state index is 0.00125. The maximum atomic E-state index is 12.5. The van der Waals surface area contributed by atoms with E-state index in [2.05, 4.69) is 10.2 Å². The van der Waals surface area contributed by atoms with Gasteiger partial charge in [0.25, 0.3) is 0 Å². The summed E-state index contributed by atoms with van der Waals surface area (Å²) in [5.74, 6) is 0.277.